The van der Waals surface area contributed by atoms with Crippen molar-refractivity contribution in [2.24, 2.45) is 16.3 Å². The minimum Gasteiger partial charge on any atom is -0.497 e. The summed E-state index contributed by atoms with van der Waals surface area (Å²) in [6.07, 6.45) is 3.97. The lowest BCUT2D eigenvalue weighted by Crippen LogP contribution is -2.39. The van der Waals surface area contributed by atoms with Crippen molar-refractivity contribution in [1.82, 2.24) is 0 Å². The van der Waals surface area contributed by atoms with E-state index in [-0.39, 0.29) is 17.2 Å². The smallest absolute Gasteiger partial charge is 0.315 e. The van der Waals surface area contributed by atoms with Crippen LogP contribution in [-0.4, -0.2) is 38.3 Å². The minimum atomic E-state index is -0.679. The van der Waals surface area contributed by atoms with E-state index in [4.69, 9.17) is 19.2 Å². The average Bonchev–Trinajstić information content (AvgIpc) is 2.74. The van der Waals surface area contributed by atoms with E-state index in [2.05, 4.69) is 20.8 Å². The number of methoxy groups -OCH3 is 2. The monoisotopic (exact) mass is 441 g/mol. The fourth-order valence-corrected chi connectivity index (χ4v) is 4.78. The number of unbranched alkanes of at least 4 members (excludes halogenated alkanes) is 2. The topological polar surface area (TPSA) is 74.2 Å². The summed E-state index contributed by atoms with van der Waals surface area (Å²) in [6.45, 7) is 8.48. The highest BCUT2D eigenvalue weighted by Crippen LogP contribution is 2.50. The van der Waals surface area contributed by atoms with Gasteiger partial charge in [0.1, 0.15) is 17.4 Å². The molecule has 0 fully saturated rings. The molecule has 3 rings (SSSR count). The third-order valence-electron chi connectivity index (χ3n) is 6.32. The second kappa shape index (κ2) is 9.88. The van der Waals surface area contributed by atoms with Crippen molar-refractivity contribution in [3.63, 3.8) is 0 Å². The Kier molecular flexibility index (Phi) is 7.42. The van der Waals surface area contributed by atoms with Crippen LogP contribution >= 0.6 is 0 Å². The molecular formula is C26H35NO5. The van der Waals surface area contributed by atoms with E-state index in [0.29, 0.717) is 42.2 Å². The lowest BCUT2D eigenvalue weighted by atomic mass is 9.66. The molecule has 6 nitrogen and oxygen atoms in total. The Labute approximate surface area is 191 Å². The third-order valence-corrected chi connectivity index (χ3v) is 6.32. The molecule has 2 aliphatic rings. The molecule has 1 aromatic carbocycles. The first-order chi connectivity index (χ1) is 15.2. The molecule has 0 amide bonds. The standard InChI is InChI=1S/C26H35NO5/c1-7-8-9-12-32-25(29)22-16(2)27-19-14-26(3,4)15-20(28)24(19)23(22)18-13-17(30-5)10-11-21(18)31-6/h10-11,13,22-23H,7-9,12,14-15H2,1-6H3/t22?,23-/m1/s1. The molecule has 1 heterocycles. The number of aliphatic imine (C=N–C) groups is 1. The number of nitrogens with zero attached hydrogens (tertiary/aromatic N) is 1. The van der Waals surface area contributed by atoms with Crippen molar-refractivity contribution in [1.29, 1.82) is 0 Å². The molecular weight excluding hydrogens is 406 g/mol. The van der Waals surface area contributed by atoms with E-state index in [1.807, 2.05) is 25.1 Å². The number of Topliss-reactive ketones (excluding diaryl/α,β-unsaturated/α-hetero) is 1. The highest BCUT2D eigenvalue weighted by Gasteiger charge is 2.47. The summed E-state index contributed by atoms with van der Waals surface area (Å²) < 4.78 is 16.8. The van der Waals surface area contributed by atoms with E-state index < -0.39 is 11.8 Å². The van der Waals surface area contributed by atoms with Crippen LogP contribution in [0, 0.1) is 11.3 Å². The molecule has 0 spiro atoms. The van der Waals surface area contributed by atoms with E-state index in [1.165, 1.54) is 0 Å². The van der Waals surface area contributed by atoms with Gasteiger partial charge in [0.2, 0.25) is 0 Å². The molecule has 1 aliphatic carbocycles. The molecule has 174 valence electrons. The zero-order chi connectivity index (χ0) is 23.5. The van der Waals surface area contributed by atoms with Crippen LogP contribution in [0.3, 0.4) is 0 Å². The predicted molar refractivity (Wildman–Crippen MR) is 124 cm³/mol. The summed E-state index contributed by atoms with van der Waals surface area (Å²) in [7, 11) is 3.19. The number of allylic oxidation sites excluding steroid dienone is 2. The van der Waals surface area contributed by atoms with Gasteiger partial charge in [0.25, 0.3) is 0 Å². The van der Waals surface area contributed by atoms with Crippen LogP contribution in [0.2, 0.25) is 0 Å². The van der Waals surface area contributed by atoms with Crippen molar-refractivity contribution < 1.29 is 23.8 Å². The molecule has 0 N–H and O–H groups in total. The highest BCUT2D eigenvalue weighted by atomic mass is 16.5. The Morgan fingerprint density at radius 1 is 1.16 bits per heavy atom. The number of hydrogen-bond acceptors (Lipinski definition) is 6. The van der Waals surface area contributed by atoms with Gasteiger partial charge < -0.3 is 14.2 Å². The van der Waals surface area contributed by atoms with Crippen molar-refractivity contribution in [2.45, 2.75) is 65.7 Å². The molecule has 0 bridgehead atoms. The van der Waals surface area contributed by atoms with E-state index >= 15 is 0 Å². The summed E-state index contributed by atoms with van der Waals surface area (Å²) in [5.74, 6) is -0.260. The van der Waals surface area contributed by atoms with Crippen molar-refractivity contribution >= 4 is 17.5 Å². The second-order valence-corrected chi connectivity index (χ2v) is 9.49. The number of ketones is 1. The van der Waals surface area contributed by atoms with Crippen molar-refractivity contribution in [3.05, 3.63) is 35.0 Å². The van der Waals surface area contributed by atoms with Crippen LogP contribution in [0.4, 0.5) is 0 Å². The van der Waals surface area contributed by atoms with E-state index in [0.717, 1.165) is 30.5 Å². The molecule has 0 saturated carbocycles. The summed E-state index contributed by atoms with van der Waals surface area (Å²) in [5.41, 5.74) is 2.63. The predicted octanol–water partition coefficient (Wildman–Crippen LogP) is 5.25. The normalized spacial score (nSPS) is 22.2. The number of ether oxygens (including phenoxy) is 3. The largest absolute Gasteiger partial charge is 0.497 e. The molecule has 0 radical (unpaired) electrons. The fraction of sp³-hybridized carbons (Fsp3) is 0.577. The molecule has 6 heteroatoms. The summed E-state index contributed by atoms with van der Waals surface area (Å²) in [4.78, 5) is 31.5. The SMILES string of the molecule is CCCCCOC(=O)C1C(C)=NC2=C(C(=O)CC(C)(C)C2)[C@@H]1c1cc(OC)ccc1OC. The van der Waals surface area contributed by atoms with Gasteiger partial charge >= 0.3 is 5.97 Å². The van der Waals surface area contributed by atoms with Crippen molar-refractivity contribution in [3.8, 4) is 11.5 Å². The van der Waals surface area contributed by atoms with Gasteiger partial charge in [-0.15, -0.1) is 0 Å². The van der Waals surface area contributed by atoms with Crippen LogP contribution in [0.1, 0.15) is 71.3 Å². The molecule has 1 unspecified atom stereocenters. The highest BCUT2D eigenvalue weighted by molar-refractivity contribution is 6.09. The number of hydrogen-bond donors (Lipinski definition) is 0. The Morgan fingerprint density at radius 3 is 2.56 bits per heavy atom. The summed E-state index contributed by atoms with van der Waals surface area (Å²) in [5, 5.41) is 0. The van der Waals surface area contributed by atoms with Gasteiger partial charge in [0.15, 0.2) is 5.78 Å². The zero-order valence-electron chi connectivity index (χ0n) is 20.1. The Bertz CT molecular complexity index is 944. The van der Waals surface area contributed by atoms with Crippen LogP contribution in [0.25, 0.3) is 0 Å². The quantitative estimate of drug-likeness (QED) is 0.407. The number of carbonyl (C=O) groups is 2. The average molecular weight is 442 g/mol. The molecule has 0 saturated heterocycles. The fourth-order valence-electron chi connectivity index (χ4n) is 4.78. The van der Waals surface area contributed by atoms with Gasteiger partial charge in [-0.2, -0.15) is 0 Å². The van der Waals surface area contributed by atoms with Gasteiger partial charge in [0, 0.05) is 34.9 Å². The summed E-state index contributed by atoms with van der Waals surface area (Å²) in [6, 6.07) is 5.48. The summed E-state index contributed by atoms with van der Waals surface area (Å²) >= 11 is 0. The number of esters is 1. The number of carbonyl (C=O) groups excluding carboxylic acids is 2. The van der Waals surface area contributed by atoms with Crippen LogP contribution in [0.15, 0.2) is 34.5 Å². The number of rotatable bonds is 8. The third kappa shape index (κ3) is 4.89. The molecule has 32 heavy (non-hydrogen) atoms. The zero-order valence-corrected chi connectivity index (χ0v) is 20.1. The molecule has 1 aromatic rings. The van der Waals surface area contributed by atoms with E-state index in [9.17, 15) is 9.59 Å². The molecule has 0 aromatic heterocycles. The van der Waals surface area contributed by atoms with Crippen LogP contribution in [-0.2, 0) is 14.3 Å². The second-order valence-electron chi connectivity index (χ2n) is 9.49. The Hall–Kier alpha value is -2.63. The van der Waals surface area contributed by atoms with Gasteiger partial charge in [0.05, 0.1) is 20.8 Å². The van der Waals surface area contributed by atoms with E-state index in [1.54, 1.807) is 14.2 Å². The van der Waals surface area contributed by atoms with Crippen molar-refractivity contribution in [2.75, 3.05) is 20.8 Å². The molecule has 1 aliphatic heterocycles. The van der Waals surface area contributed by atoms with Gasteiger partial charge in [-0.05, 0) is 43.4 Å². The van der Waals surface area contributed by atoms with Gasteiger partial charge in [-0.1, -0.05) is 33.6 Å². The maximum Gasteiger partial charge on any atom is 0.315 e. The lowest BCUT2D eigenvalue weighted by molar-refractivity contribution is -0.146. The number of benzene rings is 1. The minimum absolute atomic E-state index is 0.0335. The Morgan fingerprint density at radius 2 is 1.91 bits per heavy atom. The van der Waals surface area contributed by atoms with Crippen LogP contribution < -0.4 is 9.47 Å². The lowest BCUT2D eigenvalue weighted by Gasteiger charge is -2.39. The van der Waals surface area contributed by atoms with Crippen LogP contribution in [0.5, 0.6) is 11.5 Å². The molecule has 2 atom stereocenters. The first-order valence-corrected chi connectivity index (χ1v) is 11.4. The first-order valence-electron chi connectivity index (χ1n) is 11.4. The van der Waals surface area contributed by atoms with Gasteiger partial charge in [-0.3, -0.25) is 14.6 Å². The Balaban J connectivity index is 2.12. The first kappa shape index (κ1) is 24.0. The maximum atomic E-state index is 13.4. The van der Waals surface area contributed by atoms with Gasteiger partial charge in [-0.25, -0.2) is 0 Å². The maximum absolute atomic E-state index is 13.4.